The minimum absolute atomic E-state index is 0.0943. The predicted octanol–water partition coefficient (Wildman–Crippen LogP) is 7.42. The van der Waals surface area contributed by atoms with Gasteiger partial charge in [-0.1, -0.05) is 84.1 Å². The first kappa shape index (κ1) is 23.0. The molecule has 2 aromatic carbocycles. The van der Waals surface area contributed by atoms with Gasteiger partial charge >= 0.3 is 0 Å². The Labute approximate surface area is 181 Å². The van der Waals surface area contributed by atoms with Crippen LogP contribution in [-0.4, -0.2) is 15.1 Å². The zero-order valence-electron chi connectivity index (χ0n) is 18.1. The second kappa shape index (κ2) is 9.45. The monoisotopic (exact) mass is 414 g/mol. The molecule has 0 bridgehead atoms. The quantitative estimate of drug-likeness (QED) is 0.454. The van der Waals surface area contributed by atoms with Crippen LogP contribution in [0.4, 0.5) is 0 Å². The lowest BCUT2D eigenvalue weighted by atomic mass is 9.75. The number of thiocarbonyl (C=S) groups is 1. The summed E-state index contributed by atoms with van der Waals surface area (Å²) in [6.45, 7) is 13.1. The molecule has 1 N–H and O–H groups in total. The van der Waals surface area contributed by atoms with E-state index in [0.29, 0.717) is 5.75 Å². The van der Waals surface area contributed by atoms with Crippen molar-refractivity contribution in [2.45, 2.75) is 71.6 Å². The van der Waals surface area contributed by atoms with Gasteiger partial charge in [-0.3, -0.25) is 0 Å². The predicted molar refractivity (Wildman–Crippen MR) is 129 cm³/mol. The van der Waals surface area contributed by atoms with Gasteiger partial charge in [0.15, 0.2) is 0 Å². The summed E-state index contributed by atoms with van der Waals surface area (Å²) in [6, 6.07) is 14.8. The van der Waals surface area contributed by atoms with Crippen LogP contribution in [0.3, 0.4) is 0 Å². The second-order valence-corrected chi connectivity index (χ2v) is 10.5. The molecule has 0 radical (unpaired) electrons. The zero-order chi connectivity index (χ0) is 20.9. The molecule has 0 fully saturated rings. The van der Waals surface area contributed by atoms with Gasteiger partial charge in [0.05, 0.1) is 4.20 Å². The number of thioether (sulfide) groups is 1. The average Bonchev–Trinajstić information content (AvgIpc) is 2.68. The SMILES string of the molecule is CCC(C)(C)c1cc(C(=S)SCCc2ccccc2)cc(C(C)(C)CC)c1O. The molecule has 2 rings (SSSR count). The third-order valence-corrected chi connectivity index (χ3v) is 7.53. The fourth-order valence-electron chi connectivity index (χ4n) is 3.15. The maximum atomic E-state index is 11.1. The molecule has 0 aromatic heterocycles. The number of hydrogen-bond acceptors (Lipinski definition) is 3. The van der Waals surface area contributed by atoms with Gasteiger partial charge in [-0.05, 0) is 53.4 Å². The molecule has 0 amide bonds. The second-order valence-electron chi connectivity index (χ2n) is 8.77. The van der Waals surface area contributed by atoms with Gasteiger partial charge in [0.25, 0.3) is 0 Å². The number of phenols is 1. The number of phenolic OH excluding ortho intramolecular Hbond substituents is 1. The molecule has 0 spiro atoms. The van der Waals surface area contributed by atoms with E-state index in [1.165, 1.54) is 5.56 Å². The lowest BCUT2D eigenvalue weighted by molar-refractivity contribution is 0.400. The first-order valence-corrected chi connectivity index (χ1v) is 11.6. The summed E-state index contributed by atoms with van der Waals surface area (Å²) in [5.74, 6) is 1.41. The molecule has 2 aromatic rings. The van der Waals surface area contributed by atoms with Gasteiger partial charge in [-0.25, -0.2) is 0 Å². The Bertz CT molecular complexity index is 770. The number of rotatable bonds is 8. The minimum atomic E-state index is -0.0943. The Morgan fingerprint density at radius 3 is 1.89 bits per heavy atom. The van der Waals surface area contributed by atoms with Crippen molar-refractivity contribution in [1.29, 1.82) is 0 Å². The van der Waals surface area contributed by atoms with E-state index in [9.17, 15) is 5.11 Å². The molecule has 0 saturated carbocycles. The number of hydrogen-bond donors (Lipinski definition) is 1. The van der Waals surface area contributed by atoms with Crippen LogP contribution in [0.25, 0.3) is 0 Å². The van der Waals surface area contributed by atoms with E-state index in [2.05, 4.69) is 77.9 Å². The highest BCUT2D eigenvalue weighted by Crippen LogP contribution is 2.43. The van der Waals surface area contributed by atoms with E-state index >= 15 is 0 Å². The summed E-state index contributed by atoms with van der Waals surface area (Å²) in [7, 11) is 0. The molecular formula is C25H34OS2. The van der Waals surface area contributed by atoms with Gasteiger partial charge in [0.2, 0.25) is 0 Å². The number of benzene rings is 2. The lowest BCUT2D eigenvalue weighted by Crippen LogP contribution is -2.21. The largest absolute Gasteiger partial charge is 0.507 e. The van der Waals surface area contributed by atoms with Crippen molar-refractivity contribution in [3.63, 3.8) is 0 Å². The van der Waals surface area contributed by atoms with Crippen LogP contribution < -0.4 is 0 Å². The van der Waals surface area contributed by atoms with Gasteiger partial charge < -0.3 is 5.11 Å². The topological polar surface area (TPSA) is 20.2 Å². The lowest BCUT2D eigenvalue weighted by Gasteiger charge is -2.31. The van der Waals surface area contributed by atoms with Crippen molar-refractivity contribution in [1.82, 2.24) is 0 Å². The zero-order valence-corrected chi connectivity index (χ0v) is 19.8. The Kier molecular flexibility index (Phi) is 7.75. The molecule has 28 heavy (non-hydrogen) atoms. The van der Waals surface area contributed by atoms with Crippen LogP contribution >= 0.6 is 24.0 Å². The van der Waals surface area contributed by atoms with Gasteiger partial charge in [-0.15, -0.1) is 11.8 Å². The minimum Gasteiger partial charge on any atom is -0.507 e. The molecule has 0 heterocycles. The molecule has 0 atom stereocenters. The van der Waals surface area contributed by atoms with Crippen molar-refractivity contribution in [3.8, 4) is 5.75 Å². The molecule has 0 aliphatic heterocycles. The third kappa shape index (κ3) is 5.39. The number of aromatic hydroxyl groups is 1. The van der Waals surface area contributed by atoms with Crippen molar-refractivity contribution in [2.75, 3.05) is 5.75 Å². The highest BCUT2D eigenvalue weighted by Gasteiger charge is 2.30. The van der Waals surface area contributed by atoms with Crippen LogP contribution in [0, 0.1) is 0 Å². The van der Waals surface area contributed by atoms with E-state index in [1.54, 1.807) is 11.8 Å². The van der Waals surface area contributed by atoms with Crippen molar-refractivity contribution < 1.29 is 5.11 Å². The molecule has 0 unspecified atom stereocenters. The highest BCUT2D eigenvalue weighted by atomic mass is 32.2. The summed E-state index contributed by atoms with van der Waals surface area (Å²) in [5, 5.41) is 11.1. The Hall–Kier alpha value is -1.32. The van der Waals surface area contributed by atoms with E-state index in [0.717, 1.165) is 45.9 Å². The first-order valence-electron chi connectivity index (χ1n) is 10.2. The fourth-order valence-corrected chi connectivity index (χ4v) is 4.33. The smallest absolute Gasteiger partial charge is 0.123 e. The molecule has 152 valence electrons. The standard InChI is InChI=1S/C25H34OS2/c1-7-24(3,4)20-16-19(17-21(22(20)26)25(5,6)8-2)23(27)28-15-14-18-12-10-9-11-13-18/h9-13,16-17,26H,7-8,14-15H2,1-6H3. The molecule has 0 aliphatic carbocycles. The summed E-state index contributed by atoms with van der Waals surface area (Å²) < 4.78 is 0.914. The Morgan fingerprint density at radius 2 is 1.43 bits per heavy atom. The molecule has 0 aliphatic rings. The summed E-state index contributed by atoms with van der Waals surface area (Å²) in [5.41, 5.74) is 4.24. The van der Waals surface area contributed by atoms with Gasteiger partial charge in [-0.2, -0.15) is 0 Å². The van der Waals surface area contributed by atoms with Crippen LogP contribution in [0.5, 0.6) is 5.75 Å². The van der Waals surface area contributed by atoms with Crippen molar-refractivity contribution in [3.05, 3.63) is 64.7 Å². The van der Waals surface area contributed by atoms with E-state index in [4.69, 9.17) is 12.2 Å². The average molecular weight is 415 g/mol. The Balaban J connectivity index is 2.33. The summed E-state index contributed by atoms with van der Waals surface area (Å²) in [6.07, 6.45) is 2.93. The first-order chi connectivity index (χ1) is 13.1. The van der Waals surface area contributed by atoms with Crippen LogP contribution in [-0.2, 0) is 17.3 Å². The normalized spacial score (nSPS) is 12.2. The van der Waals surface area contributed by atoms with Crippen molar-refractivity contribution in [2.24, 2.45) is 0 Å². The third-order valence-electron chi connectivity index (χ3n) is 6.04. The maximum Gasteiger partial charge on any atom is 0.123 e. The van der Waals surface area contributed by atoms with Crippen LogP contribution in [0.1, 0.15) is 76.6 Å². The van der Waals surface area contributed by atoms with E-state index < -0.39 is 0 Å². The molecule has 1 nitrogen and oxygen atoms in total. The van der Waals surface area contributed by atoms with Crippen LogP contribution in [0.2, 0.25) is 0 Å². The van der Waals surface area contributed by atoms with E-state index in [1.807, 2.05) is 6.07 Å². The van der Waals surface area contributed by atoms with Gasteiger partial charge in [0, 0.05) is 16.9 Å². The highest BCUT2D eigenvalue weighted by molar-refractivity contribution is 8.23. The maximum absolute atomic E-state index is 11.1. The van der Waals surface area contributed by atoms with Crippen LogP contribution in [0.15, 0.2) is 42.5 Å². The van der Waals surface area contributed by atoms with Gasteiger partial charge in [0.1, 0.15) is 5.75 Å². The number of aryl methyl sites for hydroxylation is 1. The summed E-state index contributed by atoms with van der Waals surface area (Å²) in [4.78, 5) is 0. The molecular weight excluding hydrogens is 380 g/mol. The fraction of sp³-hybridized carbons (Fsp3) is 0.480. The summed E-state index contributed by atoms with van der Waals surface area (Å²) >= 11 is 7.53. The van der Waals surface area contributed by atoms with E-state index in [-0.39, 0.29) is 10.8 Å². The molecule has 0 saturated heterocycles. The Morgan fingerprint density at radius 1 is 0.929 bits per heavy atom. The molecule has 3 heteroatoms. The van der Waals surface area contributed by atoms with Crippen molar-refractivity contribution >= 4 is 28.2 Å².